The van der Waals surface area contributed by atoms with Gasteiger partial charge in [0.1, 0.15) is 11.5 Å². The van der Waals surface area contributed by atoms with Crippen molar-refractivity contribution in [2.45, 2.75) is 12.3 Å². The van der Waals surface area contributed by atoms with Crippen LogP contribution in [-0.2, 0) is 5.41 Å². The maximum absolute atomic E-state index is 6.86. The summed E-state index contributed by atoms with van der Waals surface area (Å²) in [5.74, 6) is 2.40. The van der Waals surface area contributed by atoms with Crippen molar-refractivity contribution in [1.82, 2.24) is 15.0 Å². The standard InChI is InChI=1S/C59H39N3O/c1-38-37-60-31-30-47(38)45-21-13-20-43(33-45)41-18-12-19-42(32-41)44-27-29-57-53(34-44)59(51-24-10-11-25-56(51)63-57)50-23-9-8-22-48(50)49-28-26-46(35-52(49)59)55-36-54(39-14-4-2-5-15-39)61-58(62-55)40-16-6-3-7-17-40/h2-37H,1H3. The highest BCUT2D eigenvalue weighted by Gasteiger charge is 2.51. The van der Waals surface area contributed by atoms with Gasteiger partial charge in [-0.15, -0.1) is 0 Å². The van der Waals surface area contributed by atoms with E-state index in [-0.39, 0.29) is 0 Å². The van der Waals surface area contributed by atoms with E-state index in [9.17, 15) is 0 Å². The Hall–Kier alpha value is -8.21. The van der Waals surface area contributed by atoms with Crippen molar-refractivity contribution in [1.29, 1.82) is 0 Å². The molecule has 2 aromatic heterocycles. The van der Waals surface area contributed by atoms with E-state index in [1.165, 1.54) is 38.9 Å². The molecule has 0 fully saturated rings. The molecule has 1 spiro atoms. The third-order valence-electron chi connectivity index (χ3n) is 12.8. The van der Waals surface area contributed by atoms with Crippen LogP contribution >= 0.6 is 0 Å². The molecular formula is C59H39N3O. The van der Waals surface area contributed by atoms with Crippen LogP contribution in [0.1, 0.15) is 27.8 Å². The first-order valence-corrected chi connectivity index (χ1v) is 21.4. The molecule has 4 heteroatoms. The third-order valence-corrected chi connectivity index (χ3v) is 12.8. The van der Waals surface area contributed by atoms with E-state index >= 15 is 0 Å². The summed E-state index contributed by atoms with van der Waals surface area (Å²) < 4.78 is 6.86. The average molecular weight is 806 g/mol. The number of fused-ring (bicyclic) bond motifs is 9. The van der Waals surface area contributed by atoms with Crippen LogP contribution in [0.3, 0.4) is 0 Å². The van der Waals surface area contributed by atoms with Crippen LogP contribution in [0.5, 0.6) is 11.5 Å². The number of nitrogens with zero attached hydrogens (tertiary/aromatic N) is 3. The Labute approximate surface area is 366 Å². The van der Waals surface area contributed by atoms with Gasteiger partial charge in [-0.1, -0.05) is 158 Å². The topological polar surface area (TPSA) is 47.9 Å². The van der Waals surface area contributed by atoms with Crippen molar-refractivity contribution in [3.05, 3.63) is 246 Å². The predicted molar refractivity (Wildman–Crippen MR) is 255 cm³/mol. The van der Waals surface area contributed by atoms with Crippen molar-refractivity contribution >= 4 is 0 Å². The molecule has 3 heterocycles. The maximum atomic E-state index is 6.86. The number of rotatable bonds is 6. The van der Waals surface area contributed by atoms with Crippen molar-refractivity contribution < 1.29 is 4.74 Å². The molecule has 0 N–H and O–H groups in total. The first-order valence-electron chi connectivity index (χ1n) is 21.4. The monoisotopic (exact) mass is 805 g/mol. The predicted octanol–water partition coefficient (Wildman–Crippen LogP) is 14.7. The molecule has 10 aromatic rings. The van der Waals surface area contributed by atoms with Crippen LogP contribution in [0, 0.1) is 6.92 Å². The number of ether oxygens (including phenoxy) is 1. The SMILES string of the molecule is Cc1cnccc1-c1cccc(-c2cccc(-c3ccc4c(c3)C3(c5ccccc5O4)c4ccccc4-c4ccc(-c5cc(-c6ccccc6)nc(-c6ccccc6)n5)cc43)c2)c1. The zero-order valence-electron chi connectivity index (χ0n) is 34.5. The van der Waals surface area contributed by atoms with Gasteiger partial charge in [0, 0.05) is 40.2 Å². The lowest BCUT2D eigenvalue weighted by Crippen LogP contribution is -2.32. The van der Waals surface area contributed by atoms with Crippen molar-refractivity contribution in [3.63, 3.8) is 0 Å². The summed E-state index contributed by atoms with van der Waals surface area (Å²) in [6.45, 7) is 2.11. The number of benzene rings is 8. The van der Waals surface area contributed by atoms with Crippen molar-refractivity contribution in [2.24, 2.45) is 0 Å². The zero-order chi connectivity index (χ0) is 41.9. The van der Waals surface area contributed by atoms with Crippen LogP contribution in [-0.4, -0.2) is 15.0 Å². The number of hydrogen-bond donors (Lipinski definition) is 0. The van der Waals surface area contributed by atoms with E-state index in [0.29, 0.717) is 5.82 Å². The summed E-state index contributed by atoms with van der Waals surface area (Å²) in [5, 5.41) is 0. The fourth-order valence-corrected chi connectivity index (χ4v) is 9.85. The Balaban J connectivity index is 1.05. The van der Waals surface area contributed by atoms with Crippen LogP contribution in [0.4, 0.5) is 0 Å². The van der Waals surface area contributed by atoms with E-state index in [1.54, 1.807) is 0 Å². The molecule has 1 atom stereocenters. The second-order valence-corrected chi connectivity index (χ2v) is 16.4. The Kier molecular flexibility index (Phi) is 8.58. The molecule has 1 unspecified atom stereocenters. The number of aromatic nitrogens is 3. The van der Waals surface area contributed by atoms with Crippen LogP contribution < -0.4 is 4.74 Å². The Bertz CT molecular complexity index is 3340. The highest BCUT2D eigenvalue weighted by atomic mass is 16.5. The molecule has 0 amide bonds. The van der Waals surface area contributed by atoms with Gasteiger partial charge in [0.25, 0.3) is 0 Å². The second-order valence-electron chi connectivity index (χ2n) is 16.4. The van der Waals surface area contributed by atoms with Gasteiger partial charge in [0.15, 0.2) is 5.82 Å². The molecule has 8 aromatic carbocycles. The Morgan fingerprint density at radius 1 is 0.365 bits per heavy atom. The van der Waals surface area contributed by atoms with E-state index in [0.717, 1.165) is 73.0 Å². The molecular weight excluding hydrogens is 767 g/mol. The molecule has 2 aliphatic rings. The molecule has 4 nitrogen and oxygen atoms in total. The quantitative estimate of drug-likeness (QED) is 0.168. The lowest BCUT2D eigenvalue weighted by Gasteiger charge is -2.39. The Morgan fingerprint density at radius 2 is 0.921 bits per heavy atom. The van der Waals surface area contributed by atoms with Crippen LogP contribution in [0.25, 0.3) is 78.4 Å². The summed E-state index contributed by atoms with van der Waals surface area (Å²) in [6.07, 6.45) is 3.79. The average Bonchev–Trinajstić information content (AvgIpc) is 3.64. The first-order chi connectivity index (χ1) is 31.1. The molecule has 0 bridgehead atoms. The summed E-state index contributed by atoms with van der Waals surface area (Å²) in [5.41, 5.74) is 19.3. The third kappa shape index (κ3) is 6.02. The largest absolute Gasteiger partial charge is 0.457 e. The molecule has 1 aliphatic carbocycles. The van der Waals surface area contributed by atoms with E-state index < -0.39 is 5.41 Å². The van der Waals surface area contributed by atoms with Gasteiger partial charge in [-0.3, -0.25) is 4.98 Å². The van der Waals surface area contributed by atoms with Gasteiger partial charge < -0.3 is 4.74 Å². The van der Waals surface area contributed by atoms with Gasteiger partial charge in [-0.2, -0.15) is 0 Å². The lowest BCUT2D eigenvalue weighted by molar-refractivity contribution is 0.436. The molecule has 12 rings (SSSR count). The minimum atomic E-state index is -0.673. The minimum absolute atomic E-state index is 0.673. The molecule has 1 aliphatic heterocycles. The normalized spacial score (nSPS) is 14.3. The molecule has 296 valence electrons. The van der Waals surface area contributed by atoms with E-state index in [1.807, 2.05) is 36.7 Å². The fourth-order valence-electron chi connectivity index (χ4n) is 9.85. The second kappa shape index (κ2) is 14.8. The molecule has 0 radical (unpaired) electrons. The van der Waals surface area contributed by atoms with Gasteiger partial charge in [0.05, 0.1) is 16.8 Å². The molecule has 0 saturated heterocycles. The first kappa shape index (κ1) is 36.6. The summed E-state index contributed by atoms with van der Waals surface area (Å²) in [4.78, 5) is 14.7. The molecule has 0 saturated carbocycles. The number of hydrogen-bond acceptors (Lipinski definition) is 4. The highest BCUT2D eigenvalue weighted by Crippen LogP contribution is 2.62. The lowest BCUT2D eigenvalue weighted by atomic mass is 9.65. The maximum Gasteiger partial charge on any atom is 0.160 e. The summed E-state index contributed by atoms with van der Waals surface area (Å²) >= 11 is 0. The van der Waals surface area contributed by atoms with E-state index in [2.05, 4.69) is 194 Å². The minimum Gasteiger partial charge on any atom is -0.457 e. The van der Waals surface area contributed by atoms with Crippen molar-refractivity contribution in [3.8, 4) is 89.9 Å². The smallest absolute Gasteiger partial charge is 0.160 e. The van der Waals surface area contributed by atoms with Crippen LogP contribution in [0.2, 0.25) is 0 Å². The molecule has 63 heavy (non-hydrogen) atoms. The highest BCUT2D eigenvalue weighted by molar-refractivity contribution is 5.91. The number of pyridine rings is 1. The fraction of sp³-hybridized carbons (Fsp3) is 0.0339. The zero-order valence-corrected chi connectivity index (χ0v) is 34.5. The van der Waals surface area contributed by atoms with E-state index in [4.69, 9.17) is 14.7 Å². The van der Waals surface area contributed by atoms with Gasteiger partial charge in [0.2, 0.25) is 0 Å². The van der Waals surface area contributed by atoms with Gasteiger partial charge in [-0.05, 0) is 117 Å². The Morgan fingerprint density at radius 3 is 1.68 bits per heavy atom. The van der Waals surface area contributed by atoms with Crippen LogP contribution in [0.15, 0.2) is 219 Å². The number of para-hydroxylation sites is 1. The van der Waals surface area contributed by atoms with Crippen molar-refractivity contribution in [2.75, 3.05) is 0 Å². The number of aryl methyl sites for hydroxylation is 1. The summed E-state index contributed by atoms with van der Waals surface area (Å²) in [7, 11) is 0. The van der Waals surface area contributed by atoms with Gasteiger partial charge >= 0.3 is 0 Å². The summed E-state index contributed by atoms with van der Waals surface area (Å²) in [6, 6.07) is 73.6. The van der Waals surface area contributed by atoms with Gasteiger partial charge in [-0.25, -0.2) is 9.97 Å².